The number of benzene rings is 1. The molecule has 2 unspecified atom stereocenters. The summed E-state index contributed by atoms with van der Waals surface area (Å²) in [5, 5.41) is 12.8. The average Bonchev–Trinajstić information content (AvgIpc) is 2.39. The van der Waals surface area contributed by atoms with Gasteiger partial charge in [0, 0.05) is 25.7 Å². The van der Waals surface area contributed by atoms with E-state index < -0.39 is 0 Å². The fourth-order valence-corrected chi connectivity index (χ4v) is 2.26. The van der Waals surface area contributed by atoms with Crippen molar-refractivity contribution in [2.45, 2.75) is 19.1 Å². The summed E-state index contributed by atoms with van der Waals surface area (Å²) in [6.07, 6.45) is 0.253. The minimum Gasteiger partial charge on any atom is -0.508 e. The van der Waals surface area contributed by atoms with E-state index in [1.54, 1.807) is 6.07 Å². The summed E-state index contributed by atoms with van der Waals surface area (Å²) >= 11 is 0. The van der Waals surface area contributed by atoms with Crippen molar-refractivity contribution in [1.82, 2.24) is 10.2 Å². The van der Waals surface area contributed by atoms with Crippen molar-refractivity contribution >= 4 is 0 Å². The molecule has 2 N–H and O–H groups in total. The minimum absolute atomic E-state index is 0.253. The molecule has 1 aromatic carbocycles. The zero-order valence-corrected chi connectivity index (χ0v) is 11.1. The number of phenols is 1. The van der Waals surface area contributed by atoms with E-state index in [-0.39, 0.29) is 12.1 Å². The summed E-state index contributed by atoms with van der Waals surface area (Å²) in [4.78, 5) is 2.26. The Hall–Kier alpha value is -1.10. The van der Waals surface area contributed by atoms with E-state index in [1.807, 2.05) is 18.2 Å². The van der Waals surface area contributed by atoms with Crippen molar-refractivity contribution in [2.24, 2.45) is 0 Å². The number of phenolic OH excluding ortho intramolecular Hbond substituents is 1. The third-order valence-electron chi connectivity index (χ3n) is 3.51. The lowest BCUT2D eigenvalue weighted by Crippen LogP contribution is -2.44. The van der Waals surface area contributed by atoms with Gasteiger partial charge >= 0.3 is 0 Å². The molecule has 0 aromatic heterocycles. The van der Waals surface area contributed by atoms with Gasteiger partial charge < -0.3 is 15.2 Å². The quantitative estimate of drug-likeness (QED) is 0.847. The van der Waals surface area contributed by atoms with Gasteiger partial charge in [-0.3, -0.25) is 4.90 Å². The highest BCUT2D eigenvalue weighted by molar-refractivity contribution is 5.29. The van der Waals surface area contributed by atoms with Gasteiger partial charge in [0.05, 0.1) is 12.7 Å². The van der Waals surface area contributed by atoms with Crippen LogP contribution in [0.15, 0.2) is 24.3 Å². The standard InChI is InChI=1S/C14H22N2O2/c1-11(12-4-3-5-13(17)8-12)16(2)10-14-9-15-6-7-18-14/h3-5,8,11,14-15,17H,6-7,9-10H2,1-2H3. The smallest absolute Gasteiger partial charge is 0.115 e. The van der Waals surface area contributed by atoms with Gasteiger partial charge in [-0.05, 0) is 31.7 Å². The number of nitrogens with one attached hydrogen (secondary N) is 1. The van der Waals surface area contributed by atoms with E-state index in [0.29, 0.717) is 5.75 Å². The number of ether oxygens (including phenoxy) is 1. The maximum absolute atomic E-state index is 9.51. The molecular formula is C14H22N2O2. The van der Waals surface area contributed by atoms with Gasteiger partial charge in [0.25, 0.3) is 0 Å². The van der Waals surface area contributed by atoms with Gasteiger partial charge in [-0.25, -0.2) is 0 Å². The fraction of sp³-hybridized carbons (Fsp3) is 0.571. The van der Waals surface area contributed by atoms with Crippen LogP contribution in [0, 0.1) is 0 Å². The summed E-state index contributed by atoms with van der Waals surface area (Å²) < 4.78 is 5.70. The molecule has 1 aliphatic heterocycles. The summed E-state index contributed by atoms with van der Waals surface area (Å²) in [6, 6.07) is 7.71. The zero-order chi connectivity index (χ0) is 13.0. The Balaban J connectivity index is 1.93. The monoisotopic (exact) mass is 250 g/mol. The van der Waals surface area contributed by atoms with E-state index in [2.05, 4.69) is 24.2 Å². The van der Waals surface area contributed by atoms with Crippen LogP contribution in [0.2, 0.25) is 0 Å². The van der Waals surface area contributed by atoms with Crippen LogP contribution in [0.5, 0.6) is 5.75 Å². The molecule has 0 radical (unpaired) electrons. The molecule has 0 spiro atoms. The first kappa shape index (κ1) is 13.3. The third-order valence-corrected chi connectivity index (χ3v) is 3.51. The van der Waals surface area contributed by atoms with Crippen LogP contribution in [0.1, 0.15) is 18.5 Å². The number of rotatable bonds is 4. The molecule has 100 valence electrons. The van der Waals surface area contributed by atoms with Crippen molar-refractivity contribution in [3.63, 3.8) is 0 Å². The summed E-state index contributed by atoms with van der Waals surface area (Å²) in [5.41, 5.74) is 1.13. The number of aromatic hydroxyl groups is 1. The molecule has 1 aliphatic rings. The molecule has 2 atom stereocenters. The highest BCUT2D eigenvalue weighted by atomic mass is 16.5. The topological polar surface area (TPSA) is 44.7 Å². The van der Waals surface area contributed by atoms with Gasteiger partial charge in [-0.15, -0.1) is 0 Å². The SMILES string of the molecule is CC(c1cccc(O)c1)N(C)CC1CNCCO1. The lowest BCUT2D eigenvalue weighted by molar-refractivity contribution is 0.00393. The van der Waals surface area contributed by atoms with Crippen molar-refractivity contribution < 1.29 is 9.84 Å². The molecule has 0 amide bonds. The molecule has 0 aliphatic carbocycles. The van der Waals surface area contributed by atoms with Crippen LogP contribution < -0.4 is 5.32 Å². The van der Waals surface area contributed by atoms with E-state index >= 15 is 0 Å². The van der Waals surface area contributed by atoms with Crippen LogP contribution in [0.3, 0.4) is 0 Å². The maximum atomic E-state index is 9.51. The van der Waals surface area contributed by atoms with E-state index in [4.69, 9.17) is 4.74 Å². The number of hydrogen-bond donors (Lipinski definition) is 2. The first-order valence-electron chi connectivity index (χ1n) is 6.48. The molecule has 0 saturated carbocycles. The molecule has 4 heteroatoms. The number of likely N-dealkylation sites (N-methyl/N-ethyl adjacent to an activating group) is 1. The lowest BCUT2D eigenvalue weighted by atomic mass is 10.1. The van der Waals surface area contributed by atoms with Crippen LogP contribution in [0.25, 0.3) is 0 Å². The zero-order valence-electron chi connectivity index (χ0n) is 11.1. The van der Waals surface area contributed by atoms with Crippen LogP contribution in [0.4, 0.5) is 0 Å². The predicted octanol–water partition coefficient (Wildman–Crippen LogP) is 1.37. The van der Waals surface area contributed by atoms with Crippen molar-refractivity contribution in [1.29, 1.82) is 0 Å². The molecule has 1 saturated heterocycles. The highest BCUT2D eigenvalue weighted by Gasteiger charge is 2.19. The van der Waals surface area contributed by atoms with Crippen LogP contribution in [-0.4, -0.2) is 49.4 Å². The Labute approximate surface area is 109 Å². The minimum atomic E-state index is 0.253. The van der Waals surface area contributed by atoms with Crippen molar-refractivity contribution in [3.05, 3.63) is 29.8 Å². The molecule has 2 rings (SSSR count). The molecule has 1 heterocycles. The summed E-state index contributed by atoms with van der Waals surface area (Å²) in [7, 11) is 2.09. The largest absolute Gasteiger partial charge is 0.508 e. The van der Waals surface area contributed by atoms with E-state index in [1.165, 1.54) is 0 Å². The van der Waals surface area contributed by atoms with Gasteiger partial charge in [0.15, 0.2) is 0 Å². The van der Waals surface area contributed by atoms with E-state index in [0.717, 1.165) is 31.8 Å². The Morgan fingerprint density at radius 1 is 1.56 bits per heavy atom. The fourth-order valence-electron chi connectivity index (χ4n) is 2.26. The summed E-state index contributed by atoms with van der Waals surface area (Å²) in [6.45, 7) is 5.69. The van der Waals surface area contributed by atoms with Gasteiger partial charge in [-0.1, -0.05) is 12.1 Å². The lowest BCUT2D eigenvalue weighted by Gasteiger charge is -2.31. The van der Waals surface area contributed by atoms with E-state index in [9.17, 15) is 5.11 Å². The Morgan fingerprint density at radius 2 is 2.39 bits per heavy atom. The number of nitrogens with zero attached hydrogens (tertiary/aromatic N) is 1. The molecule has 0 bridgehead atoms. The molecular weight excluding hydrogens is 228 g/mol. The van der Waals surface area contributed by atoms with Gasteiger partial charge in [0.2, 0.25) is 0 Å². The van der Waals surface area contributed by atoms with Gasteiger partial charge in [-0.2, -0.15) is 0 Å². The molecule has 1 fully saturated rings. The summed E-state index contributed by atoms with van der Waals surface area (Å²) in [5.74, 6) is 0.323. The van der Waals surface area contributed by atoms with Crippen molar-refractivity contribution in [3.8, 4) is 5.75 Å². The first-order valence-corrected chi connectivity index (χ1v) is 6.48. The average molecular weight is 250 g/mol. The normalized spacial score (nSPS) is 22.1. The first-order chi connectivity index (χ1) is 8.66. The van der Waals surface area contributed by atoms with Crippen molar-refractivity contribution in [2.75, 3.05) is 33.3 Å². The van der Waals surface area contributed by atoms with Crippen LogP contribution >= 0.6 is 0 Å². The second-order valence-electron chi connectivity index (χ2n) is 4.91. The molecule has 18 heavy (non-hydrogen) atoms. The highest BCUT2D eigenvalue weighted by Crippen LogP contribution is 2.22. The Bertz CT molecular complexity index is 378. The number of morpholine rings is 1. The second-order valence-corrected chi connectivity index (χ2v) is 4.91. The molecule has 4 nitrogen and oxygen atoms in total. The second kappa shape index (κ2) is 6.18. The Morgan fingerprint density at radius 3 is 3.06 bits per heavy atom. The van der Waals surface area contributed by atoms with Crippen LogP contribution in [-0.2, 0) is 4.74 Å². The Kier molecular flexibility index (Phi) is 4.58. The molecule has 1 aromatic rings. The number of hydrogen-bond acceptors (Lipinski definition) is 4. The maximum Gasteiger partial charge on any atom is 0.115 e. The third kappa shape index (κ3) is 3.45. The van der Waals surface area contributed by atoms with Gasteiger partial charge in [0.1, 0.15) is 5.75 Å². The predicted molar refractivity (Wildman–Crippen MR) is 71.8 cm³/mol.